The van der Waals surface area contributed by atoms with Gasteiger partial charge in [0.1, 0.15) is 29.6 Å². The van der Waals surface area contributed by atoms with Crippen LogP contribution in [0, 0.1) is 0 Å². The van der Waals surface area contributed by atoms with Crippen molar-refractivity contribution < 1.29 is 20.1 Å². The molecule has 4 rings (SSSR count). The Morgan fingerprint density at radius 1 is 0.559 bits per heavy atom. The maximum atomic E-state index is 9.90. The lowest BCUT2D eigenvalue weighted by atomic mass is 9.73. The Bertz CT molecular complexity index is 1160. The van der Waals surface area contributed by atoms with Crippen molar-refractivity contribution in [3.8, 4) is 23.0 Å². The van der Waals surface area contributed by atoms with Gasteiger partial charge in [0.25, 0.3) is 0 Å². The second-order valence-corrected chi connectivity index (χ2v) is 8.18. The molecule has 4 nitrogen and oxygen atoms in total. The van der Waals surface area contributed by atoms with Crippen molar-refractivity contribution in [2.75, 3.05) is 6.61 Å². The Morgan fingerprint density at radius 2 is 0.882 bits per heavy atom. The predicted octanol–water partition coefficient (Wildman–Crippen LogP) is 6.72. The number of allylic oxidation sites excluding steroid dienone is 1. The number of benzene rings is 4. The Morgan fingerprint density at radius 3 is 1.21 bits per heavy atom. The quantitative estimate of drug-likeness (QED) is 0.260. The lowest BCUT2D eigenvalue weighted by Crippen LogP contribution is -2.14. The predicted molar refractivity (Wildman–Crippen MR) is 135 cm³/mol. The highest BCUT2D eigenvalue weighted by molar-refractivity contribution is 5.48. The molecule has 1 atom stereocenters. The van der Waals surface area contributed by atoms with Gasteiger partial charge in [0, 0.05) is 11.8 Å². The molecule has 0 aliphatic rings. The van der Waals surface area contributed by atoms with Gasteiger partial charge in [-0.25, -0.2) is 0 Å². The van der Waals surface area contributed by atoms with Crippen molar-refractivity contribution in [3.05, 3.63) is 131 Å². The van der Waals surface area contributed by atoms with Gasteiger partial charge < -0.3 is 20.1 Å². The Labute approximate surface area is 200 Å². The van der Waals surface area contributed by atoms with Gasteiger partial charge in [0.15, 0.2) is 0 Å². The first-order chi connectivity index (χ1) is 16.5. The molecule has 0 radical (unpaired) electrons. The van der Waals surface area contributed by atoms with Gasteiger partial charge in [-0.3, -0.25) is 0 Å². The zero-order valence-corrected chi connectivity index (χ0v) is 19.0. The summed E-state index contributed by atoms with van der Waals surface area (Å²) in [5, 5.41) is 29.7. The second-order valence-electron chi connectivity index (χ2n) is 8.18. The molecule has 4 aromatic rings. The summed E-state index contributed by atoms with van der Waals surface area (Å²) >= 11 is 0. The molecule has 4 heteroatoms. The standard InChI is InChI=1S/C30H28O4/c1-2-3-20-34-28-18-10-24(11-19-28)30(23-8-16-27(33)17-9-23)29(21-4-12-25(31)13-5-21)22-6-14-26(32)15-7-22/h2-19,29-33H,20H2,1H3. The van der Waals surface area contributed by atoms with E-state index in [2.05, 4.69) is 12.1 Å². The fourth-order valence-electron chi connectivity index (χ4n) is 4.21. The third-order valence-electron chi connectivity index (χ3n) is 5.91. The van der Waals surface area contributed by atoms with E-state index >= 15 is 0 Å². The zero-order valence-electron chi connectivity index (χ0n) is 19.0. The van der Waals surface area contributed by atoms with Gasteiger partial charge in [0.2, 0.25) is 0 Å². The van der Waals surface area contributed by atoms with E-state index in [0.717, 1.165) is 28.0 Å². The van der Waals surface area contributed by atoms with Crippen molar-refractivity contribution >= 4 is 0 Å². The number of phenols is 3. The van der Waals surface area contributed by atoms with Crippen LogP contribution in [-0.4, -0.2) is 21.9 Å². The lowest BCUT2D eigenvalue weighted by molar-refractivity contribution is 0.362. The van der Waals surface area contributed by atoms with Crippen molar-refractivity contribution in [1.82, 2.24) is 0 Å². The minimum Gasteiger partial charge on any atom is -0.508 e. The third kappa shape index (κ3) is 5.41. The smallest absolute Gasteiger partial charge is 0.119 e. The molecule has 172 valence electrons. The highest BCUT2D eigenvalue weighted by Gasteiger charge is 2.28. The van der Waals surface area contributed by atoms with Crippen molar-refractivity contribution in [2.24, 2.45) is 0 Å². The number of phenolic OH excluding ortho intramolecular Hbond substituents is 3. The lowest BCUT2D eigenvalue weighted by Gasteiger charge is -2.30. The molecular formula is C30H28O4. The van der Waals surface area contributed by atoms with E-state index in [-0.39, 0.29) is 29.1 Å². The summed E-state index contributed by atoms with van der Waals surface area (Å²) in [6.07, 6.45) is 3.91. The van der Waals surface area contributed by atoms with E-state index in [1.54, 1.807) is 36.4 Å². The van der Waals surface area contributed by atoms with Crippen LogP contribution in [0.3, 0.4) is 0 Å². The molecule has 0 bridgehead atoms. The van der Waals surface area contributed by atoms with E-state index < -0.39 is 0 Å². The summed E-state index contributed by atoms with van der Waals surface area (Å²) in [6, 6.07) is 29.8. The van der Waals surface area contributed by atoms with Gasteiger partial charge >= 0.3 is 0 Å². The molecule has 0 spiro atoms. The minimum atomic E-state index is -0.111. The van der Waals surface area contributed by atoms with Crippen LogP contribution < -0.4 is 4.74 Å². The molecule has 0 aliphatic heterocycles. The van der Waals surface area contributed by atoms with Gasteiger partial charge in [0.05, 0.1) is 0 Å². The first kappa shape index (κ1) is 23.0. The van der Waals surface area contributed by atoms with Gasteiger partial charge in [-0.1, -0.05) is 60.7 Å². The Hall–Kier alpha value is -4.18. The maximum absolute atomic E-state index is 9.90. The number of ether oxygens (including phenoxy) is 1. The fraction of sp³-hybridized carbons (Fsp3) is 0.133. The summed E-state index contributed by atoms with van der Waals surface area (Å²) in [5.41, 5.74) is 4.16. The van der Waals surface area contributed by atoms with E-state index in [9.17, 15) is 15.3 Å². The Kier molecular flexibility index (Phi) is 7.19. The van der Waals surface area contributed by atoms with Gasteiger partial charge in [-0.15, -0.1) is 0 Å². The molecule has 0 saturated carbocycles. The van der Waals surface area contributed by atoms with Gasteiger partial charge in [-0.05, 0) is 77.7 Å². The highest BCUT2D eigenvalue weighted by atomic mass is 16.5. The topological polar surface area (TPSA) is 69.9 Å². The highest BCUT2D eigenvalue weighted by Crippen LogP contribution is 2.44. The number of hydrogen-bond acceptors (Lipinski definition) is 4. The first-order valence-corrected chi connectivity index (χ1v) is 11.3. The van der Waals surface area contributed by atoms with Crippen LogP contribution in [-0.2, 0) is 0 Å². The van der Waals surface area contributed by atoms with Crippen LogP contribution in [0.15, 0.2) is 109 Å². The summed E-state index contributed by atoms with van der Waals surface area (Å²) in [5.74, 6) is 1.20. The average Bonchev–Trinajstić information content (AvgIpc) is 2.86. The maximum Gasteiger partial charge on any atom is 0.119 e. The normalized spacial score (nSPS) is 12.2. The van der Waals surface area contributed by atoms with Crippen LogP contribution in [0.1, 0.15) is 41.0 Å². The summed E-state index contributed by atoms with van der Waals surface area (Å²) in [4.78, 5) is 0. The summed E-state index contributed by atoms with van der Waals surface area (Å²) < 4.78 is 5.78. The Balaban J connectivity index is 1.84. The van der Waals surface area contributed by atoms with Gasteiger partial charge in [-0.2, -0.15) is 0 Å². The molecule has 4 aromatic carbocycles. The second kappa shape index (κ2) is 10.6. The van der Waals surface area contributed by atoms with E-state index in [0.29, 0.717) is 6.61 Å². The zero-order chi connectivity index (χ0) is 23.9. The number of rotatable bonds is 8. The fourth-order valence-corrected chi connectivity index (χ4v) is 4.21. The molecule has 0 fully saturated rings. The van der Waals surface area contributed by atoms with E-state index in [4.69, 9.17) is 4.74 Å². The molecule has 0 amide bonds. The monoisotopic (exact) mass is 452 g/mol. The van der Waals surface area contributed by atoms with Crippen LogP contribution in [0.2, 0.25) is 0 Å². The summed E-state index contributed by atoms with van der Waals surface area (Å²) in [7, 11) is 0. The number of aromatic hydroxyl groups is 3. The molecule has 3 N–H and O–H groups in total. The molecular weight excluding hydrogens is 424 g/mol. The molecule has 0 aromatic heterocycles. The van der Waals surface area contributed by atoms with Crippen molar-refractivity contribution in [3.63, 3.8) is 0 Å². The minimum absolute atomic E-state index is 0.0979. The average molecular weight is 453 g/mol. The van der Waals surface area contributed by atoms with Crippen LogP contribution in [0.25, 0.3) is 0 Å². The number of hydrogen-bond donors (Lipinski definition) is 3. The molecule has 34 heavy (non-hydrogen) atoms. The summed E-state index contributed by atoms with van der Waals surface area (Å²) in [6.45, 7) is 2.47. The third-order valence-corrected chi connectivity index (χ3v) is 5.91. The van der Waals surface area contributed by atoms with E-state index in [1.807, 2.05) is 67.6 Å². The SMILES string of the molecule is CC=CCOc1ccc(C(c2ccc(O)cc2)C(c2ccc(O)cc2)c2ccc(O)cc2)cc1. The largest absolute Gasteiger partial charge is 0.508 e. The van der Waals surface area contributed by atoms with E-state index in [1.165, 1.54) is 0 Å². The van der Waals surface area contributed by atoms with Crippen LogP contribution in [0.5, 0.6) is 23.0 Å². The van der Waals surface area contributed by atoms with Crippen molar-refractivity contribution in [1.29, 1.82) is 0 Å². The molecule has 1 unspecified atom stereocenters. The molecule has 0 aliphatic carbocycles. The molecule has 0 saturated heterocycles. The van der Waals surface area contributed by atoms with Crippen molar-refractivity contribution in [2.45, 2.75) is 18.8 Å². The van der Waals surface area contributed by atoms with Crippen LogP contribution >= 0.6 is 0 Å². The molecule has 0 heterocycles. The van der Waals surface area contributed by atoms with Crippen LogP contribution in [0.4, 0.5) is 0 Å². The first-order valence-electron chi connectivity index (χ1n) is 11.3.